The SMILES string of the molecule is CN1CCN(CCNC(=O)C2CC3CC3C2)CC1. The molecule has 0 aromatic carbocycles. The average molecular weight is 251 g/mol. The van der Waals surface area contributed by atoms with Crippen molar-refractivity contribution in [2.45, 2.75) is 19.3 Å². The van der Waals surface area contributed by atoms with E-state index in [9.17, 15) is 4.79 Å². The van der Waals surface area contributed by atoms with Crippen LogP contribution in [0.4, 0.5) is 0 Å². The minimum Gasteiger partial charge on any atom is -0.355 e. The minimum atomic E-state index is 0.316. The molecular weight excluding hydrogens is 226 g/mol. The summed E-state index contributed by atoms with van der Waals surface area (Å²) in [7, 11) is 2.17. The van der Waals surface area contributed by atoms with Crippen molar-refractivity contribution in [2.24, 2.45) is 17.8 Å². The Bertz CT molecular complexity index is 302. The fraction of sp³-hybridized carbons (Fsp3) is 0.929. The number of nitrogens with one attached hydrogen (secondary N) is 1. The molecule has 4 nitrogen and oxygen atoms in total. The van der Waals surface area contributed by atoms with Gasteiger partial charge in [0, 0.05) is 45.2 Å². The maximum Gasteiger partial charge on any atom is 0.223 e. The quantitative estimate of drug-likeness (QED) is 0.785. The maximum absolute atomic E-state index is 12.0. The van der Waals surface area contributed by atoms with Crippen LogP contribution in [0.25, 0.3) is 0 Å². The molecule has 1 saturated heterocycles. The van der Waals surface area contributed by atoms with Gasteiger partial charge in [0.05, 0.1) is 0 Å². The van der Waals surface area contributed by atoms with Crippen LogP contribution in [0.3, 0.4) is 0 Å². The zero-order valence-corrected chi connectivity index (χ0v) is 11.4. The lowest BCUT2D eigenvalue weighted by atomic mass is 10.0. The smallest absolute Gasteiger partial charge is 0.223 e. The number of fused-ring (bicyclic) bond motifs is 1. The van der Waals surface area contributed by atoms with Gasteiger partial charge in [-0.1, -0.05) is 0 Å². The Hall–Kier alpha value is -0.610. The van der Waals surface area contributed by atoms with Crippen LogP contribution in [-0.2, 0) is 4.79 Å². The zero-order chi connectivity index (χ0) is 12.5. The van der Waals surface area contributed by atoms with Gasteiger partial charge in [-0.05, 0) is 38.1 Å². The first-order valence-corrected chi connectivity index (χ1v) is 7.41. The fourth-order valence-electron chi connectivity index (χ4n) is 3.48. The van der Waals surface area contributed by atoms with Crippen LogP contribution < -0.4 is 5.32 Å². The molecule has 3 rings (SSSR count). The molecule has 0 radical (unpaired) electrons. The average Bonchev–Trinajstić information content (AvgIpc) is 2.98. The van der Waals surface area contributed by atoms with Gasteiger partial charge in [-0.2, -0.15) is 0 Å². The number of amides is 1. The Balaban J connectivity index is 1.31. The summed E-state index contributed by atoms with van der Waals surface area (Å²) in [5.41, 5.74) is 0. The molecule has 1 aliphatic heterocycles. The van der Waals surface area contributed by atoms with Crippen LogP contribution in [0.5, 0.6) is 0 Å². The summed E-state index contributed by atoms with van der Waals surface area (Å²) in [6.45, 7) is 6.42. The molecule has 1 amide bonds. The van der Waals surface area contributed by atoms with Crippen molar-refractivity contribution in [3.63, 3.8) is 0 Å². The Morgan fingerprint density at radius 3 is 2.44 bits per heavy atom. The number of hydrogen-bond donors (Lipinski definition) is 1. The third-order valence-corrected chi connectivity index (χ3v) is 4.94. The standard InChI is InChI=1S/C14H25N3O/c1-16-4-6-17(7-5-16)3-2-15-14(18)13-9-11-8-12(11)10-13/h11-13H,2-10H2,1H3,(H,15,18). The highest BCUT2D eigenvalue weighted by Gasteiger charge is 2.47. The normalized spacial score (nSPS) is 36.4. The second kappa shape index (κ2) is 5.17. The largest absolute Gasteiger partial charge is 0.355 e. The predicted octanol–water partition coefficient (Wildman–Crippen LogP) is 0.396. The lowest BCUT2D eigenvalue weighted by molar-refractivity contribution is -0.125. The van der Waals surface area contributed by atoms with Gasteiger partial charge >= 0.3 is 0 Å². The molecule has 2 atom stereocenters. The van der Waals surface area contributed by atoms with Crippen molar-refractivity contribution >= 4 is 5.91 Å². The van der Waals surface area contributed by atoms with Crippen molar-refractivity contribution in [3.05, 3.63) is 0 Å². The molecule has 0 aromatic heterocycles. The van der Waals surface area contributed by atoms with Crippen LogP contribution >= 0.6 is 0 Å². The van der Waals surface area contributed by atoms with Crippen molar-refractivity contribution in [2.75, 3.05) is 46.3 Å². The van der Waals surface area contributed by atoms with Crippen LogP contribution in [-0.4, -0.2) is 62.0 Å². The van der Waals surface area contributed by atoms with Crippen LogP contribution in [0.1, 0.15) is 19.3 Å². The van der Waals surface area contributed by atoms with Crippen molar-refractivity contribution in [1.29, 1.82) is 0 Å². The number of nitrogens with zero attached hydrogens (tertiary/aromatic N) is 2. The Labute approximate surface area is 110 Å². The fourth-order valence-corrected chi connectivity index (χ4v) is 3.48. The highest BCUT2D eigenvalue weighted by atomic mass is 16.1. The molecule has 2 unspecified atom stereocenters. The monoisotopic (exact) mass is 251 g/mol. The van der Waals surface area contributed by atoms with E-state index in [-0.39, 0.29) is 0 Å². The molecule has 2 aliphatic carbocycles. The first-order valence-electron chi connectivity index (χ1n) is 7.41. The third-order valence-electron chi connectivity index (χ3n) is 4.94. The summed E-state index contributed by atoms with van der Waals surface area (Å²) in [5, 5.41) is 3.13. The summed E-state index contributed by atoms with van der Waals surface area (Å²) in [6, 6.07) is 0. The van der Waals surface area contributed by atoms with Crippen molar-refractivity contribution < 1.29 is 4.79 Å². The van der Waals surface area contributed by atoms with E-state index in [4.69, 9.17) is 0 Å². The molecule has 18 heavy (non-hydrogen) atoms. The predicted molar refractivity (Wildman–Crippen MR) is 71.3 cm³/mol. The van der Waals surface area contributed by atoms with E-state index in [2.05, 4.69) is 22.2 Å². The van der Waals surface area contributed by atoms with Gasteiger partial charge in [0.1, 0.15) is 0 Å². The van der Waals surface area contributed by atoms with Crippen molar-refractivity contribution in [1.82, 2.24) is 15.1 Å². The molecule has 4 heteroatoms. The third kappa shape index (κ3) is 2.86. The van der Waals surface area contributed by atoms with Gasteiger partial charge in [0.15, 0.2) is 0 Å². The summed E-state index contributed by atoms with van der Waals surface area (Å²) in [6.07, 6.45) is 3.71. The van der Waals surface area contributed by atoms with Gasteiger partial charge in [0.2, 0.25) is 5.91 Å². The summed E-state index contributed by atoms with van der Waals surface area (Å²) in [5.74, 6) is 2.45. The van der Waals surface area contributed by atoms with Gasteiger partial charge in [-0.3, -0.25) is 9.69 Å². The Kier molecular flexibility index (Phi) is 3.57. The first kappa shape index (κ1) is 12.4. The summed E-state index contributed by atoms with van der Waals surface area (Å²) < 4.78 is 0. The highest BCUT2D eigenvalue weighted by molar-refractivity contribution is 5.79. The molecule has 3 fully saturated rings. The number of carbonyl (C=O) groups excluding carboxylic acids is 1. The van der Waals surface area contributed by atoms with Crippen LogP contribution in [0.15, 0.2) is 0 Å². The minimum absolute atomic E-state index is 0.316. The number of hydrogen-bond acceptors (Lipinski definition) is 3. The maximum atomic E-state index is 12.0. The lowest BCUT2D eigenvalue weighted by Gasteiger charge is -2.32. The number of piperazine rings is 1. The van der Waals surface area contributed by atoms with Crippen LogP contribution in [0, 0.1) is 17.8 Å². The molecule has 1 heterocycles. The number of carbonyl (C=O) groups is 1. The Morgan fingerprint density at radius 2 is 1.78 bits per heavy atom. The zero-order valence-electron chi connectivity index (χ0n) is 11.4. The molecule has 0 aromatic rings. The van der Waals surface area contributed by atoms with Crippen molar-refractivity contribution in [3.8, 4) is 0 Å². The van der Waals surface area contributed by atoms with E-state index < -0.39 is 0 Å². The summed E-state index contributed by atoms with van der Waals surface area (Å²) >= 11 is 0. The second-order valence-corrected chi connectivity index (χ2v) is 6.36. The molecule has 1 N–H and O–H groups in total. The second-order valence-electron chi connectivity index (χ2n) is 6.36. The lowest BCUT2D eigenvalue weighted by Crippen LogP contribution is -2.47. The molecule has 102 valence electrons. The first-order chi connectivity index (χ1) is 8.72. The van der Waals surface area contributed by atoms with E-state index in [0.717, 1.165) is 63.9 Å². The number of likely N-dealkylation sites (N-methyl/N-ethyl adjacent to an activating group) is 1. The number of rotatable bonds is 4. The van der Waals surface area contributed by atoms with Gasteiger partial charge in [-0.25, -0.2) is 0 Å². The van der Waals surface area contributed by atoms with E-state index in [0.29, 0.717) is 11.8 Å². The van der Waals surface area contributed by atoms with E-state index >= 15 is 0 Å². The van der Waals surface area contributed by atoms with Gasteiger partial charge in [0.25, 0.3) is 0 Å². The molecule has 3 aliphatic rings. The topological polar surface area (TPSA) is 35.6 Å². The highest BCUT2D eigenvalue weighted by Crippen LogP contribution is 2.54. The van der Waals surface area contributed by atoms with E-state index in [1.165, 1.54) is 6.42 Å². The molecular formula is C14H25N3O. The van der Waals surface area contributed by atoms with E-state index in [1.807, 2.05) is 0 Å². The molecule has 2 saturated carbocycles. The molecule has 0 spiro atoms. The van der Waals surface area contributed by atoms with Crippen LogP contribution in [0.2, 0.25) is 0 Å². The molecule has 0 bridgehead atoms. The van der Waals surface area contributed by atoms with Gasteiger partial charge < -0.3 is 10.2 Å². The summed E-state index contributed by atoms with van der Waals surface area (Å²) in [4.78, 5) is 16.8. The van der Waals surface area contributed by atoms with Gasteiger partial charge in [-0.15, -0.1) is 0 Å². The Morgan fingerprint density at radius 1 is 1.11 bits per heavy atom. The van der Waals surface area contributed by atoms with E-state index in [1.54, 1.807) is 0 Å².